The van der Waals surface area contributed by atoms with Gasteiger partial charge in [-0.15, -0.1) is 0 Å². The highest BCUT2D eigenvalue weighted by molar-refractivity contribution is 9.10. The molecule has 0 spiro atoms. The largest absolute Gasteiger partial charge is 0.496 e. The summed E-state index contributed by atoms with van der Waals surface area (Å²) in [5.74, 6) is 1.43. The molecule has 2 aromatic rings. The molecule has 0 amide bonds. The summed E-state index contributed by atoms with van der Waals surface area (Å²) in [4.78, 5) is 0. The van der Waals surface area contributed by atoms with E-state index in [1.165, 1.54) is 0 Å². The predicted octanol–water partition coefficient (Wildman–Crippen LogP) is 4.33. The summed E-state index contributed by atoms with van der Waals surface area (Å²) in [7, 11) is 1.61. The van der Waals surface area contributed by atoms with Crippen LogP contribution in [0.15, 0.2) is 46.9 Å². The van der Waals surface area contributed by atoms with Crippen molar-refractivity contribution in [2.24, 2.45) is 0 Å². The van der Waals surface area contributed by atoms with Crippen molar-refractivity contribution in [1.82, 2.24) is 0 Å². The number of ether oxygens (including phenoxy) is 2. The molecule has 0 fully saturated rings. The van der Waals surface area contributed by atoms with Crippen LogP contribution in [-0.2, 0) is 0 Å². The molecule has 21 heavy (non-hydrogen) atoms. The van der Waals surface area contributed by atoms with Gasteiger partial charge in [0.1, 0.15) is 17.6 Å². The minimum Gasteiger partial charge on any atom is -0.496 e. The van der Waals surface area contributed by atoms with Crippen LogP contribution in [0.3, 0.4) is 0 Å². The van der Waals surface area contributed by atoms with Gasteiger partial charge in [0.2, 0.25) is 0 Å². The van der Waals surface area contributed by atoms with Crippen molar-refractivity contribution in [3.05, 3.63) is 58.1 Å². The Kier molecular flexibility index (Phi) is 5.26. The number of methoxy groups -OCH3 is 1. The second-order valence-electron chi connectivity index (χ2n) is 5.00. The third kappa shape index (κ3) is 3.77. The Hall–Kier alpha value is -1.52. The van der Waals surface area contributed by atoms with Crippen molar-refractivity contribution in [2.45, 2.75) is 26.1 Å². The summed E-state index contributed by atoms with van der Waals surface area (Å²) in [5.41, 5.74) is 1.53. The lowest BCUT2D eigenvalue weighted by molar-refractivity contribution is 0.198. The third-order valence-electron chi connectivity index (χ3n) is 3.07. The van der Waals surface area contributed by atoms with Crippen LogP contribution in [0.1, 0.15) is 31.1 Å². The zero-order chi connectivity index (χ0) is 15.4. The standard InChI is InChI=1S/C17H19BrO3/c1-11(2)21-15-7-5-4-6-13(15)17(19)12-8-9-16(20-3)14(18)10-12/h4-11,17,19H,1-3H3. The normalized spacial score (nSPS) is 12.3. The SMILES string of the molecule is COc1ccc(C(O)c2ccccc2OC(C)C)cc1Br. The van der Waals surface area contributed by atoms with Crippen molar-refractivity contribution in [3.8, 4) is 11.5 Å². The second-order valence-corrected chi connectivity index (χ2v) is 5.86. The lowest BCUT2D eigenvalue weighted by Crippen LogP contribution is -2.10. The first-order valence-corrected chi connectivity index (χ1v) is 7.59. The Morgan fingerprint density at radius 2 is 1.76 bits per heavy atom. The van der Waals surface area contributed by atoms with Crippen molar-refractivity contribution < 1.29 is 14.6 Å². The van der Waals surface area contributed by atoms with Gasteiger partial charge in [0, 0.05) is 5.56 Å². The minimum atomic E-state index is -0.748. The maximum atomic E-state index is 10.6. The van der Waals surface area contributed by atoms with E-state index in [0.29, 0.717) is 5.75 Å². The van der Waals surface area contributed by atoms with Crippen LogP contribution in [-0.4, -0.2) is 18.3 Å². The molecule has 3 nitrogen and oxygen atoms in total. The van der Waals surface area contributed by atoms with Crippen LogP contribution in [0, 0.1) is 0 Å². The monoisotopic (exact) mass is 350 g/mol. The Bertz CT molecular complexity index is 611. The first kappa shape index (κ1) is 15.9. The summed E-state index contributed by atoms with van der Waals surface area (Å²) >= 11 is 3.44. The molecule has 2 rings (SSSR count). The van der Waals surface area contributed by atoms with Crippen LogP contribution < -0.4 is 9.47 Å². The average molecular weight is 351 g/mol. The van der Waals surface area contributed by atoms with Gasteiger partial charge in [0.15, 0.2) is 0 Å². The van der Waals surface area contributed by atoms with E-state index < -0.39 is 6.10 Å². The van der Waals surface area contributed by atoms with Gasteiger partial charge in [-0.1, -0.05) is 24.3 Å². The number of halogens is 1. The van der Waals surface area contributed by atoms with Gasteiger partial charge in [0.25, 0.3) is 0 Å². The molecule has 0 heterocycles. The molecule has 1 N–H and O–H groups in total. The molecule has 0 bridgehead atoms. The van der Waals surface area contributed by atoms with Crippen LogP contribution in [0.2, 0.25) is 0 Å². The molecular weight excluding hydrogens is 332 g/mol. The van der Waals surface area contributed by atoms with Crippen LogP contribution in [0.5, 0.6) is 11.5 Å². The minimum absolute atomic E-state index is 0.0564. The number of hydrogen-bond acceptors (Lipinski definition) is 3. The first-order valence-electron chi connectivity index (χ1n) is 6.80. The lowest BCUT2D eigenvalue weighted by Gasteiger charge is -2.19. The van der Waals surface area contributed by atoms with E-state index in [1.54, 1.807) is 7.11 Å². The van der Waals surface area contributed by atoms with Gasteiger partial charge in [0.05, 0.1) is 17.7 Å². The fourth-order valence-electron chi connectivity index (χ4n) is 2.10. The molecule has 0 saturated heterocycles. The quantitative estimate of drug-likeness (QED) is 0.872. The van der Waals surface area contributed by atoms with Gasteiger partial charge in [-0.25, -0.2) is 0 Å². The second kappa shape index (κ2) is 6.96. The van der Waals surface area contributed by atoms with E-state index in [2.05, 4.69) is 15.9 Å². The Morgan fingerprint density at radius 1 is 1.05 bits per heavy atom. The molecule has 4 heteroatoms. The fraction of sp³-hybridized carbons (Fsp3) is 0.294. The number of rotatable bonds is 5. The Balaban J connectivity index is 2.35. The summed E-state index contributed by atoms with van der Waals surface area (Å²) < 4.78 is 11.8. The van der Waals surface area contributed by atoms with E-state index in [1.807, 2.05) is 56.3 Å². The van der Waals surface area contributed by atoms with E-state index in [0.717, 1.165) is 21.3 Å². The maximum Gasteiger partial charge on any atom is 0.133 e. The number of hydrogen-bond donors (Lipinski definition) is 1. The van der Waals surface area contributed by atoms with Crippen LogP contribution in [0.25, 0.3) is 0 Å². The molecule has 0 aliphatic heterocycles. The first-order chi connectivity index (χ1) is 10.0. The van der Waals surface area contributed by atoms with Gasteiger partial charge in [-0.2, -0.15) is 0 Å². The smallest absolute Gasteiger partial charge is 0.133 e. The molecular formula is C17H19BrO3. The molecule has 1 unspecified atom stereocenters. The lowest BCUT2D eigenvalue weighted by atomic mass is 10.0. The summed E-state index contributed by atoms with van der Waals surface area (Å²) in [6.45, 7) is 3.93. The van der Waals surface area contributed by atoms with Gasteiger partial charge in [-0.3, -0.25) is 0 Å². The van der Waals surface area contributed by atoms with E-state index in [4.69, 9.17) is 9.47 Å². The number of benzene rings is 2. The van der Waals surface area contributed by atoms with Gasteiger partial charge in [-0.05, 0) is 53.5 Å². The Labute approximate surface area is 133 Å². The summed E-state index contributed by atoms with van der Waals surface area (Å²) in [6, 6.07) is 13.1. The number of para-hydroxylation sites is 1. The van der Waals surface area contributed by atoms with E-state index in [9.17, 15) is 5.11 Å². The fourth-order valence-corrected chi connectivity index (χ4v) is 2.66. The molecule has 0 radical (unpaired) electrons. The average Bonchev–Trinajstić information content (AvgIpc) is 2.46. The van der Waals surface area contributed by atoms with Crippen LogP contribution in [0.4, 0.5) is 0 Å². The molecule has 0 aromatic heterocycles. The molecule has 112 valence electrons. The highest BCUT2D eigenvalue weighted by Crippen LogP contribution is 2.34. The zero-order valence-corrected chi connectivity index (χ0v) is 13.9. The molecule has 0 saturated carbocycles. The molecule has 0 aliphatic rings. The van der Waals surface area contributed by atoms with Crippen molar-refractivity contribution in [3.63, 3.8) is 0 Å². The Morgan fingerprint density at radius 3 is 2.38 bits per heavy atom. The van der Waals surface area contributed by atoms with E-state index in [-0.39, 0.29) is 6.10 Å². The molecule has 2 aromatic carbocycles. The summed E-state index contributed by atoms with van der Waals surface area (Å²) in [5, 5.41) is 10.6. The number of aliphatic hydroxyl groups is 1. The summed E-state index contributed by atoms with van der Waals surface area (Å²) in [6.07, 6.45) is -0.692. The molecule has 1 atom stereocenters. The van der Waals surface area contributed by atoms with E-state index >= 15 is 0 Å². The highest BCUT2D eigenvalue weighted by atomic mass is 79.9. The van der Waals surface area contributed by atoms with Crippen molar-refractivity contribution in [1.29, 1.82) is 0 Å². The topological polar surface area (TPSA) is 38.7 Å². The van der Waals surface area contributed by atoms with Crippen molar-refractivity contribution >= 4 is 15.9 Å². The van der Waals surface area contributed by atoms with Gasteiger partial charge >= 0.3 is 0 Å². The zero-order valence-electron chi connectivity index (χ0n) is 12.3. The van der Waals surface area contributed by atoms with Gasteiger partial charge < -0.3 is 14.6 Å². The number of aliphatic hydroxyl groups excluding tert-OH is 1. The highest BCUT2D eigenvalue weighted by Gasteiger charge is 2.17. The maximum absolute atomic E-state index is 10.6. The third-order valence-corrected chi connectivity index (χ3v) is 3.69. The predicted molar refractivity (Wildman–Crippen MR) is 87.0 cm³/mol. The van der Waals surface area contributed by atoms with Crippen LogP contribution >= 0.6 is 15.9 Å². The van der Waals surface area contributed by atoms with Crippen molar-refractivity contribution in [2.75, 3.05) is 7.11 Å². The molecule has 0 aliphatic carbocycles.